The molecule has 3 N–H and O–H groups in total. The third-order valence-electron chi connectivity index (χ3n) is 1.72. The zero-order chi connectivity index (χ0) is 13.4. The van der Waals surface area contributed by atoms with Crippen molar-refractivity contribution in [3.8, 4) is 0 Å². The van der Waals surface area contributed by atoms with Crippen LogP contribution in [0.1, 0.15) is 12.8 Å². The summed E-state index contributed by atoms with van der Waals surface area (Å²) in [6.45, 7) is -0.231. The van der Waals surface area contributed by atoms with Crippen LogP contribution in [-0.4, -0.2) is 54.5 Å². The molecule has 8 nitrogen and oxygen atoms in total. The highest BCUT2D eigenvalue weighted by Gasteiger charge is 2.11. The monoisotopic (exact) mass is 245 g/mol. The van der Waals surface area contributed by atoms with Gasteiger partial charge in [-0.3, -0.25) is 19.7 Å². The molecule has 4 amide bonds. The molecule has 0 heterocycles. The van der Waals surface area contributed by atoms with Gasteiger partial charge in [-0.2, -0.15) is 0 Å². The molecule has 0 unspecified atom stereocenters. The highest BCUT2D eigenvalue weighted by molar-refractivity contribution is 5.96. The Balaban J connectivity index is 3.82. The van der Waals surface area contributed by atoms with Gasteiger partial charge in [-0.25, -0.2) is 4.79 Å². The number of carbonyl (C=O) groups is 4. The van der Waals surface area contributed by atoms with E-state index in [1.807, 2.05) is 5.32 Å². The van der Waals surface area contributed by atoms with Gasteiger partial charge in [0.1, 0.15) is 0 Å². The fourth-order valence-corrected chi connectivity index (χ4v) is 0.768. The lowest BCUT2D eigenvalue weighted by Gasteiger charge is -2.10. The molecule has 0 aromatic heterocycles. The first-order valence-electron chi connectivity index (χ1n) is 4.82. The van der Waals surface area contributed by atoms with Gasteiger partial charge in [0.25, 0.3) is 0 Å². The number of urea groups is 1. The maximum absolute atomic E-state index is 11.1. The summed E-state index contributed by atoms with van der Waals surface area (Å²) in [5.41, 5.74) is 0. The Morgan fingerprint density at radius 1 is 1.12 bits per heavy atom. The average molecular weight is 245 g/mol. The van der Waals surface area contributed by atoms with Gasteiger partial charge in [0.05, 0.1) is 13.0 Å². The van der Waals surface area contributed by atoms with Crippen molar-refractivity contribution in [3.63, 3.8) is 0 Å². The number of carboxylic acids is 1. The first-order valence-corrected chi connectivity index (χ1v) is 4.82. The van der Waals surface area contributed by atoms with Crippen LogP contribution in [0.25, 0.3) is 0 Å². The van der Waals surface area contributed by atoms with Crippen molar-refractivity contribution < 1.29 is 24.3 Å². The van der Waals surface area contributed by atoms with Gasteiger partial charge >= 0.3 is 12.0 Å². The Labute approximate surface area is 98.0 Å². The summed E-state index contributed by atoms with van der Waals surface area (Å²) in [6.07, 6.45) is -0.639. The van der Waals surface area contributed by atoms with Crippen molar-refractivity contribution in [2.75, 3.05) is 20.6 Å². The van der Waals surface area contributed by atoms with Crippen LogP contribution in [0.5, 0.6) is 0 Å². The summed E-state index contributed by atoms with van der Waals surface area (Å²) < 4.78 is 0. The summed E-state index contributed by atoms with van der Waals surface area (Å²) >= 11 is 0. The van der Waals surface area contributed by atoms with Crippen molar-refractivity contribution in [1.82, 2.24) is 15.5 Å². The maximum atomic E-state index is 11.1. The van der Waals surface area contributed by atoms with Crippen LogP contribution in [-0.2, 0) is 14.4 Å². The Bertz CT molecular complexity index is 327. The molecule has 0 bridgehead atoms. The van der Waals surface area contributed by atoms with E-state index in [4.69, 9.17) is 5.11 Å². The number of nitrogens with zero attached hydrogens (tertiary/aromatic N) is 1. The number of nitrogens with one attached hydrogen (secondary N) is 2. The van der Waals surface area contributed by atoms with Crippen molar-refractivity contribution in [2.45, 2.75) is 12.8 Å². The number of imide groups is 1. The van der Waals surface area contributed by atoms with Gasteiger partial charge in [0.2, 0.25) is 11.8 Å². The number of likely N-dealkylation sites (N-methyl/N-ethyl adjacent to an activating group) is 1. The Hall–Kier alpha value is -2.12. The zero-order valence-corrected chi connectivity index (χ0v) is 9.65. The lowest BCUT2D eigenvalue weighted by atomic mass is 10.3. The first-order chi connectivity index (χ1) is 7.82. The van der Waals surface area contributed by atoms with Gasteiger partial charge in [-0.15, -0.1) is 0 Å². The van der Waals surface area contributed by atoms with E-state index in [2.05, 4.69) is 5.32 Å². The second-order valence-corrected chi connectivity index (χ2v) is 3.41. The molecule has 0 aliphatic rings. The molecule has 0 radical (unpaired) electrons. The first kappa shape index (κ1) is 14.9. The van der Waals surface area contributed by atoms with E-state index >= 15 is 0 Å². The van der Waals surface area contributed by atoms with Gasteiger partial charge in [-0.05, 0) is 0 Å². The van der Waals surface area contributed by atoms with Gasteiger partial charge in [0.15, 0.2) is 0 Å². The van der Waals surface area contributed by atoms with E-state index in [0.717, 1.165) is 0 Å². The van der Waals surface area contributed by atoms with Crippen LogP contribution in [0.15, 0.2) is 0 Å². The van der Waals surface area contributed by atoms with E-state index < -0.39 is 17.9 Å². The second-order valence-electron chi connectivity index (χ2n) is 3.41. The molecular formula is C9H15N3O5. The molecule has 0 fully saturated rings. The smallest absolute Gasteiger partial charge is 0.321 e. The van der Waals surface area contributed by atoms with E-state index in [1.54, 1.807) is 0 Å². The molecule has 17 heavy (non-hydrogen) atoms. The average Bonchev–Trinajstić information content (AvgIpc) is 2.22. The van der Waals surface area contributed by atoms with Crippen molar-refractivity contribution in [1.29, 1.82) is 0 Å². The predicted molar refractivity (Wildman–Crippen MR) is 57.1 cm³/mol. The van der Waals surface area contributed by atoms with Crippen LogP contribution in [0.2, 0.25) is 0 Å². The Morgan fingerprint density at radius 2 is 1.71 bits per heavy atom. The minimum Gasteiger partial charge on any atom is -0.481 e. The number of carbonyl (C=O) groups excluding carboxylic acids is 3. The van der Waals surface area contributed by atoms with Crippen LogP contribution in [0.3, 0.4) is 0 Å². The lowest BCUT2D eigenvalue weighted by Crippen LogP contribution is -2.43. The van der Waals surface area contributed by atoms with E-state index in [-0.39, 0.29) is 25.3 Å². The fourth-order valence-electron chi connectivity index (χ4n) is 0.768. The molecule has 0 saturated heterocycles. The molecule has 0 aromatic rings. The quantitative estimate of drug-likeness (QED) is 0.560. The van der Waals surface area contributed by atoms with Crippen LogP contribution in [0.4, 0.5) is 4.79 Å². The minimum absolute atomic E-state index is 0.231. The minimum atomic E-state index is -1.12. The topological polar surface area (TPSA) is 116 Å². The third kappa shape index (κ3) is 7.77. The SMILES string of the molecule is CN(C)C(=O)CNC(=O)NC(=O)CCC(=O)O. The molecule has 0 aliphatic carbocycles. The summed E-state index contributed by atoms with van der Waals surface area (Å²) in [5.74, 6) is -2.15. The number of amides is 4. The van der Waals surface area contributed by atoms with Crippen LogP contribution < -0.4 is 10.6 Å². The van der Waals surface area contributed by atoms with Crippen LogP contribution >= 0.6 is 0 Å². The number of rotatable bonds is 5. The lowest BCUT2D eigenvalue weighted by molar-refractivity contribution is -0.138. The van der Waals surface area contributed by atoms with E-state index in [9.17, 15) is 19.2 Å². The third-order valence-corrected chi connectivity index (χ3v) is 1.72. The van der Waals surface area contributed by atoms with Crippen molar-refractivity contribution in [3.05, 3.63) is 0 Å². The van der Waals surface area contributed by atoms with Crippen LogP contribution in [0, 0.1) is 0 Å². The maximum Gasteiger partial charge on any atom is 0.321 e. The molecule has 0 rings (SSSR count). The number of carboxylic acid groups (broad SMARTS) is 1. The Kier molecular flexibility index (Phi) is 6.30. The summed E-state index contributed by atoms with van der Waals surface area (Å²) in [5, 5.41) is 12.4. The second kappa shape index (κ2) is 7.20. The molecule has 0 aliphatic heterocycles. The van der Waals surface area contributed by atoms with E-state index in [1.165, 1.54) is 19.0 Å². The van der Waals surface area contributed by atoms with Gasteiger partial charge in [-0.1, -0.05) is 0 Å². The van der Waals surface area contributed by atoms with Gasteiger partial charge < -0.3 is 15.3 Å². The summed E-state index contributed by atoms with van der Waals surface area (Å²) in [4.78, 5) is 44.6. The summed E-state index contributed by atoms with van der Waals surface area (Å²) in [6, 6.07) is -0.824. The molecule has 0 saturated carbocycles. The number of hydrogen-bond donors (Lipinski definition) is 3. The molecule has 0 atom stereocenters. The molecule has 0 spiro atoms. The largest absolute Gasteiger partial charge is 0.481 e. The summed E-state index contributed by atoms with van der Waals surface area (Å²) in [7, 11) is 3.06. The zero-order valence-electron chi connectivity index (χ0n) is 9.65. The molecule has 8 heteroatoms. The van der Waals surface area contributed by atoms with E-state index in [0.29, 0.717) is 0 Å². The fraction of sp³-hybridized carbons (Fsp3) is 0.556. The molecule has 96 valence electrons. The predicted octanol–water partition coefficient (Wildman–Crippen LogP) is -1.23. The highest BCUT2D eigenvalue weighted by atomic mass is 16.4. The molecular weight excluding hydrogens is 230 g/mol. The van der Waals surface area contributed by atoms with Crippen molar-refractivity contribution in [2.24, 2.45) is 0 Å². The number of aliphatic carboxylic acids is 1. The normalized spacial score (nSPS) is 9.29. The van der Waals surface area contributed by atoms with Crippen molar-refractivity contribution >= 4 is 23.8 Å². The standard InChI is InChI=1S/C9H15N3O5/c1-12(2)7(14)5-10-9(17)11-6(13)3-4-8(15)16/h3-5H2,1-2H3,(H,15,16)(H2,10,11,13,17). The number of hydrogen-bond acceptors (Lipinski definition) is 4. The Morgan fingerprint density at radius 3 is 2.18 bits per heavy atom. The van der Waals surface area contributed by atoms with Gasteiger partial charge in [0, 0.05) is 20.5 Å². The highest BCUT2D eigenvalue weighted by Crippen LogP contribution is 1.88. The molecule has 0 aromatic carbocycles.